The Morgan fingerprint density at radius 2 is 1.68 bits per heavy atom. The van der Waals surface area contributed by atoms with E-state index in [-0.39, 0.29) is 12.0 Å². The molecule has 1 N–H and O–H groups in total. The topological polar surface area (TPSA) is 41.6 Å². The van der Waals surface area contributed by atoms with Crippen molar-refractivity contribution in [3.8, 4) is 0 Å². The second-order valence-electron chi connectivity index (χ2n) is 5.93. The number of nitrogens with zero attached hydrogens (tertiary/aromatic N) is 1. The van der Waals surface area contributed by atoms with Gasteiger partial charge in [-0.1, -0.05) is 27.7 Å². The molecule has 0 radical (unpaired) electrons. The molecule has 0 saturated heterocycles. The second kappa shape index (κ2) is 10.2. The quantitative estimate of drug-likeness (QED) is 0.619. The van der Waals surface area contributed by atoms with Crippen LogP contribution in [0, 0.1) is 11.8 Å². The van der Waals surface area contributed by atoms with E-state index in [0.29, 0.717) is 18.4 Å². The lowest BCUT2D eigenvalue weighted by Crippen LogP contribution is -2.40. The molecule has 0 amide bonds. The van der Waals surface area contributed by atoms with E-state index in [0.717, 1.165) is 26.1 Å². The maximum atomic E-state index is 11.7. The third-order valence-corrected chi connectivity index (χ3v) is 2.90. The van der Waals surface area contributed by atoms with Crippen LogP contribution in [-0.2, 0) is 9.53 Å². The third-order valence-electron chi connectivity index (χ3n) is 2.90. The number of rotatable bonds is 10. The first-order valence-electron chi connectivity index (χ1n) is 7.46. The molecule has 0 fully saturated rings. The van der Waals surface area contributed by atoms with Crippen LogP contribution in [0.4, 0.5) is 0 Å². The van der Waals surface area contributed by atoms with E-state index in [9.17, 15) is 4.79 Å². The van der Waals surface area contributed by atoms with Crippen LogP contribution in [0.15, 0.2) is 0 Å². The molecular formula is C15H32N2O2. The van der Waals surface area contributed by atoms with Crippen LogP contribution in [0.25, 0.3) is 0 Å². The molecule has 0 bridgehead atoms. The van der Waals surface area contributed by atoms with E-state index in [4.69, 9.17) is 4.74 Å². The van der Waals surface area contributed by atoms with Gasteiger partial charge in [0.05, 0.1) is 6.61 Å². The average Bonchev–Trinajstić information content (AvgIpc) is 2.28. The fourth-order valence-electron chi connectivity index (χ4n) is 2.22. The predicted octanol–water partition coefficient (Wildman–Crippen LogP) is 2.14. The molecule has 0 spiro atoms. The summed E-state index contributed by atoms with van der Waals surface area (Å²) in [5.74, 6) is 1.16. The molecule has 0 rings (SSSR count). The molecule has 1 unspecified atom stereocenters. The molecule has 1 atom stereocenters. The lowest BCUT2D eigenvalue weighted by atomic mass is 10.1. The largest absolute Gasteiger partial charge is 0.465 e. The molecule has 0 saturated carbocycles. The molecule has 0 aromatic rings. The van der Waals surface area contributed by atoms with E-state index < -0.39 is 0 Å². The minimum absolute atomic E-state index is 0.140. The van der Waals surface area contributed by atoms with Gasteiger partial charge < -0.3 is 15.0 Å². The highest BCUT2D eigenvalue weighted by Gasteiger charge is 2.19. The van der Waals surface area contributed by atoms with E-state index in [1.54, 1.807) is 0 Å². The number of carbonyl (C=O) groups excluding carboxylic acids is 1. The molecule has 0 aliphatic rings. The number of hydrogen-bond donors (Lipinski definition) is 1. The summed E-state index contributed by atoms with van der Waals surface area (Å²) in [7, 11) is 1.82. The molecule has 0 aliphatic carbocycles. The van der Waals surface area contributed by atoms with Crippen molar-refractivity contribution in [1.82, 2.24) is 10.2 Å². The van der Waals surface area contributed by atoms with Gasteiger partial charge in [-0.05, 0) is 32.2 Å². The Labute approximate surface area is 118 Å². The number of esters is 1. The van der Waals surface area contributed by atoms with Gasteiger partial charge in [-0.25, -0.2) is 0 Å². The van der Waals surface area contributed by atoms with Gasteiger partial charge in [0, 0.05) is 19.6 Å². The van der Waals surface area contributed by atoms with Crippen LogP contribution in [0.3, 0.4) is 0 Å². The number of hydrogen-bond acceptors (Lipinski definition) is 4. The van der Waals surface area contributed by atoms with Crippen LogP contribution in [0.2, 0.25) is 0 Å². The highest BCUT2D eigenvalue weighted by molar-refractivity contribution is 5.75. The van der Waals surface area contributed by atoms with Gasteiger partial charge in [0.2, 0.25) is 0 Å². The Kier molecular flexibility index (Phi) is 9.88. The second-order valence-corrected chi connectivity index (χ2v) is 5.93. The molecule has 0 aliphatic heterocycles. The molecule has 19 heavy (non-hydrogen) atoms. The third kappa shape index (κ3) is 9.00. The van der Waals surface area contributed by atoms with E-state index in [1.165, 1.54) is 0 Å². The maximum absolute atomic E-state index is 11.7. The molecule has 4 nitrogen and oxygen atoms in total. The SMILES string of the molecule is CCOC(=O)C(CCN(CC(C)C)CC(C)C)NC. The first-order chi connectivity index (χ1) is 8.90. The lowest BCUT2D eigenvalue weighted by Gasteiger charge is -2.27. The first kappa shape index (κ1) is 18.4. The van der Waals surface area contributed by atoms with Gasteiger partial charge >= 0.3 is 5.97 Å². The zero-order valence-corrected chi connectivity index (χ0v) is 13.5. The molecule has 114 valence electrons. The van der Waals surface area contributed by atoms with Gasteiger partial charge in [-0.15, -0.1) is 0 Å². The zero-order valence-electron chi connectivity index (χ0n) is 13.5. The Morgan fingerprint density at radius 3 is 2.05 bits per heavy atom. The summed E-state index contributed by atoms with van der Waals surface area (Å²) < 4.78 is 5.07. The van der Waals surface area contributed by atoms with Crippen LogP contribution >= 0.6 is 0 Å². The highest BCUT2D eigenvalue weighted by atomic mass is 16.5. The Hall–Kier alpha value is -0.610. The zero-order chi connectivity index (χ0) is 14.8. The summed E-state index contributed by atoms with van der Waals surface area (Å²) in [5.41, 5.74) is 0. The van der Waals surface area contributed by atoms with Crippen molar-refractivity contribution in [3.05, 3.63) is 0 Å². The van der Waals surface area contributed by atoms with Crippen LogP contribution < -0.4 is 5.32 Å². The Bertz CT molecular complexity index is 232. The average molecular weight is 272 g/mol. The van der Waals surface area contributed by atoms with Gasteiger partial charge in [-0.2, -0.15) is 0 Å². The van der Waals surface area contributed by atoms with Crippen LogP contribution in [0.5, 0.6) is 0 Å². The fraction of sp³-hybridized carbons (Fsp3) is 0.933. The summed E-state index contributed by atoms with van der Waals surface area (Å²) in [6, 6.07) is -0.193. The van der Waals surface area contributed by atoms with Crippen molar-refractivity contribution in [2.75, 3.05) is 33.3 Å². The van der Waals surface area contributed by atoms with Crippen molar-refractivity contribution < 1.29 is 9.53 Å². The fourth-order valence-corrected chi connectivity index (χ4v) is 2.22. The molecule has 0 heterocycles. The van der Waals surface area contributed by atoms with Crippen molar-refractivity contribution in [3.63, 3.8) is 0 Å². The van der Waals surface area contributed by atoms with Crippen molar-refractivity contribution in [1.29, 1.82) is 0 Å². The van der Waals surface area contributed by atoms with Gasteiger partial charge in [0.25, 0.3) is 0 Å². The van der Waals surface area contributed by atoms with Gasteiger partial charge in [0.1, 0.15) is 6.04 Å². The van der Waals surface area contributed by atoms with Gasteiger partial charge in [0.15, 0.2) is 0 Å². The number of ether oxygens (including phenoxy) is 1. The normalized spacial score (nSPS) is 13.3. The van der Waals surface area contributed by atoms with Crippen molar-refractivity contribution in [2.45, 2.75) is 47.1 Å². The summed E-state index contributed by atoms with van der Waals surface area (Å²) >= 11 is 0. The minimum atomic E-state index is -0.193. The molecular weight excluding hydrogens is 240 g/mol. The number of likely N-dealkylation sites (N-methyl/N-ethyl adjacent to an activating group) is 1. The van der Waals surface area contributed by atoms with E-state index in [1.807, 2.05) is 14.0 Å². The van der Waals surface area contributed by atoms with E-state index >= 15 is 0 Å². The Morgan fingerprint density at radius 1 is 1.16 bits per heavy atom. The molecule has 0 aromatic carbocycles. The summed E-state index contributed by atoms with van der Waals surface area (Å²) in [6.45, 7) is 14.3. The molecule has 4 heteroatoms. The monoisotopic (exact) mass is 272 g/mol. The minimum Gasteiger partial charge on any atom is -0.465 e. The predicted molar refractivity (Wildman–Crippen MR) is 80.2 cm³/mol. The summed E-state index contributed by atoms with van der Waals surface area (Å²) in [4.78, 5) is 14.2. The summed E-state index contributed by atoms with van der Waals surface area (Å²) in [5, 5.41) is 3.05. The standard InChI is InChI=1S/C15H32N2O2/c1-7-19-15(18)14(16-6)8-9-17(10-12(2)3)11-13(4)5/h12-14,16H,7-11H2,1-6H3. The van der Waals surface area contributed by atoms with Crippen molar-refractivity contribution in [2.24, 2.45) is 11.8 Å². The number of nitrogens with one attached hydrogen (secondary N) is 1. The lowest BCUT2D eigenvalue weighted by molar-refractivity contribution is -0.145. The van der Waals surface area contributed by atoms with Gasteiger partial charge in [-0.3, -0.25) is 4.79 Å². The summed E-state index contributed by atoms with van der Waals surface area (Å²) in [6.07, 6.45) is 0.800. The van der Waals surface area contributed by atoms with Crippen molar-refractivity contribution >= 4 is 5.97 Å². The smallest absolute Gasteiger partial charge is 0.323 e. The van der Waals surface area contributed by atoms with E-state index in [2.05, 4.69) is 37.9 Å². The van der Waals surface area contributed by atoms with Crippen LogP contribution in [0.1, 0.15) is 41.0 Å². The highest BCUT2D eigenvalue weighted by Crippen LogP contribution is 2.06. The maximum Gasteiger partial charge on any atom is 0.323 e. The number of carbonyl (C=O) groups is 1. The molecule has 0 aromatic heterocycles. The Balaban J connectivity index is 4.29. The first-order valence-corrected chi connectivity index (χ1v) is 7.46. The van der Waals surface area contributed by atoms with Crippen LogP contribution in [-0.4, -0.2) is 50.2 Å².